The molecule has 148 valence electrons. The van der Waals surface area contributed by atoms with Crippen molar-refractivity contribution in [2.75, 3.05) is 39.3 Å². The highest BCUT2D eigenvalue weighted by atomic mass is 32.2. The molecular weight excluding hydrogens is 372 g/mol. The lowest BCUT2D eigenvalue weighted by Gasteiger charge is -2.35. The van der Waals surface area contributed by atoms with Crippen LogP contribution in [0.4, 0.5) is 5.69 Å². The van der Waals surface area contributed by atoms with Gasteiger partial charge in [0.2, 0.25) is 15.9 Å². The van der Waals surface area contributed by atoms with Crippen LogP contribution in [-0.4, -0.2) is 67.7 Å². The fourth-order valence-corrected chi connectivity index (χ4v) is 5.32. The number of rotatable bonds is 4. The number of nitro benzene ring substituents is 1. The third kappa shape index (κ3) is 4.12. The number of nitrogens with zero attached hydrogens (tertiary/aromatic N) is 3. The third-order valence-electron chi connectivity index (χ3n) is 5.23. The van der Waals surface area contributed by atoms with E-state index in [1.807, 2.05) is 4.90 Å². The van der Waals surface area contributed by atoms with Gasteiger partial charge in [-0.1, -0.05) is 6.07 Å². The smallest absolute Gasteiger partial charge is 0.270 e. The number of non-ortho nitro benzene ring substituents is 1. The number of sulfonamides is 1. The molecule has 0 radical (unpaired) electrons. The SMILES string of the molecule is Cc1ccc([N+](=O)[O-])cc1S(=O)(=O)N1CCC(C(=O)N2CCNCC2)CC1. The molecule has 0 atom stereocenters. The number of nitrogens with one attached hydrogen (secondary N) is 1. The number of piperidine rings is 1. The highest BCUT2D eigenvalue weighted by Gasteiger charge is 2.35. The average molecular weight is 396 g/mol. The summed E-state index contributed by atoms with van der Waals surface area (Å²) in [6.45, 7) is 5.04. The molecule has 1 N–H and O–H groups in total. The second kappa shape index (κ2) is 7.91. The Bertz CT molecular complexity index is 828. The summed E-state index contributed by atoms with van der Waals surface area (Å²) in [4.78, 5) is 24.8. The van der Waals surface area contributed by atoms with Crippen LogP contribution in [0, 0.1) is 23.0 Å². The number of amides is 1. The number of aryl methyl sites for hydroxylation is 1. The number of carbonyl (C=O) groups is 1. The Labute approximate surface area is 158 Å². The van der Waals surface area contributed by atoms with Gasteiger partial charge in [0, 0.05) is 57.3 Å². The van der Waals surface area contributed by atoms with Crippen LogP contribution in [0.5, 0.6) is 0 Å². The van der Waals surface area contributed by atoms with Gasteiger partial charge >= 0.3 is 0 Å². The van der Waals surface area contributed by atoms with E-state index >= 15 is 0 Å². The minimum Gasteiger partial charge on any atom is -0.340 e. The maximum atomic E-state index is 13.0. The predicted octanol–water partition coefficient (Wildman–Crippen LogP) is 0.736. The molecule has 2 heterocycles. The Balaban J connectivity index is 1.70. The fourth-order valence-electron chi connectivity index (χ4n) is 3.61. The first-order valence-corrected chi connectivity index (χ1v) is 10.5. The van der Waals surface area contributed by atoms with Crippen LogP contribution in [0.1, 0.15) is 18.4 Å². The molecule has 1 amide bonds. The molecule has 0 saturated carbocycles. The van der Waals surface area contributed by atoms with E-state index in [0.29, 0.717) is 31.5 Å². The van der Waals surface area contributed by atoms with E-state index in [2.05, 4.69) is 5.32 Å². The zero-order valence-electron chi connectivity index (χ0n) is 15.3. The molecule has 0 aliphatic carbocycles. The van der Waals surface area contributed by atoms with Gasteiger partial charge in [0.05, 0.1) is 9.82 Å². The Morgan fingerprint density at radius 2 is 1.81 bits per heavy atom. The molecule has 2 saturated heterocycles. The summed E-state index contributed by atoms with van der Waals surface area (Å²) in [5.41, 5.74) is 0.225. The molecular formula is C17H24N4O5S. The standard InChI is InChI=1S/C17H24N4O5S/c1-13-2-3-15(21(23)24)12-16(13)27(25,26)20-8-4-14(5-9-20)17(22)19-10-6-18-7-11-19/h2-3,12,14,18H,4-11H2,1H3. The zero-order valence-corrected chi connectivity index (χ0v) is 16.1. The Kier molecular flexibility index (Phi) is 5.78. The minimum atomic E-state index is -3.83. The quantitative estimate of drug-likeness (QED) is 0.593. The van der Waals surface area contributed by atoms with Crippen LogP contribution in [0.2, 0.25) is 0 Å². The number of nitro groups is 1. The van der Waals surface area contributed by atoms with Crippen molar-refractivity contribution in [1.29, 1.82) is 0 Å². The van der Waals surface area contributed by atoms with E-state index in [1.165, 1.54) is 16.4 Å². The van der Waals surface area contributed by atoms with E-state index in [1.54, 1.807) is 6.92 Å². The number of carbonyl (C=O) groups excluding carboxylic acids is 1. The number of hydrogen-bond donors (Lipinski definition) is 1. The lowest BCUT2D eigenvalue weighted by molar-refractivity contribution is -0.385. The molecule has 1 aromatic carbocycles. The summed E-state index contributed by atoms with van der Waals surface area (Å²) in [6, 6.07) is 3.86. The molecule has 27 heavy (non-hydrogen) atoms. The summed E-state index contributed by atoms with van der Waals surface area (Å²) in [7, 11) is -3.83. The highest BCUT2D eigenvalue weighted by Crippen LogP contribution is 2.29. The van der Waals surface area contributed by atoms with Crippen molar-refractivity contribution < 1.29 is 18.1 Å². The number of piperazine rings is 1. The van der Waals surface area contributed by atoms with Gasteiger partial charge in [-0.25, -0.2) is 8.42 Å². The van der Waals surface area contributed by atoms with Crippen LogP contribution in [-0.2, 0) is 14.8 Å². The maximum absolute atomic E-state index is 13.0. The monoisotopic (exact) mass is 396 g/mol. The topological polar surface area (TPSA) is 113 Å². The van der Waals surface area contributed by atoms with Crippen molar-refractivity contribution in [1.82, 2.24) is 14.5 Å². The van der Waals surface area contributed by atoms with Crippen molar-refractivity contribution in [3.05, 3.63) is 33.9 Å². The van der Waals surface area contributed by atoms with Crippen molar-refractivity contribution in [3.63, 3.8) is 0 Å². The molecule has 10 heteroatoms. The van der Waals surface area contributed by atoms with Crippen LogP contribution in [0.25, 0.3) is 0 Å². The Morgan fingerprint density at radius 3 is 2.41 bits per heavy atom. The van der Waals surface area contributed by atoms with Crippen molar-refractivity contribution in [3.8, 4) is 0 Å². The summed E-state index contributed by atoms with van der Waals surface area (Å²) < 4.78 is 27.3. The lowest BCUT2D eigenvalue weighted by Crippen LogP contribution is -2.50. The van der Waals surface area contributed by atoms with E-state index in [9.17, 15) is 23.3 Å². The Hall–Kier alpha value is -2.04. The minimum absolute atomic E-state index is 0.0384. The summed E-state index contributed by atoms with van der Waals surface area (Å²) in [6.07, 6.45) is 0.936. The molecule has 1 aromatic rings. The molecule has 0 aromatic heterocycles. The van der Waals surface area contributed by atoms with Gasteiger partial charge < -0.3 is 10.2 Å². The van der Waals surface area contributed by atoms with E-state index in [-0.39, 0.29) is 35.5 Å². The van der Waals surface area contributed by atoms with Gasteiger partial charge in [-0.3, -0.25) is 14.9 Å². The van der Waals surface area contributed by atoms with Crippen molar-refractivity contribution in [2.24, 2.45) is 5.92 Å². The second-order valence-corrected chi connectivity index (χ2v) is 8.87. The second-order valence-electron chi connectivity index (χ2n) is 6.96. The molecule has 0 unspecified atom stereocenters. The first-order valence-electron chi connectivity index (χ1n) is 9.05. The van der Waals surface area contributed by atoms with Gasteiger partial charge in [0.25, 0.3) is 5.69 Å². The average Bonchev–Trinajstić information content (AvgIpc) is 2.68. The molecule has 9 nitrogen and oxygen atoms in total. The molecule has 3 rings (SSSR count). The lowest BCUT2D eigenvalue weighted by atomic mass is 9.96. The van der Waals surface area contributed by atoms with Gasteiger partial charge in [-0.15, -0.1) is 0 Å². The molecule has 2 aliphatic heterocycles. The molecule has 0 bridgehead atoms. The number of benzene rings is 1. The molecule has 2 fully saturated rings. The van der Waals surface area contributed by atoms with E-state index < -0.39 is 14.9 Å². The van der Waals surface area contributed by atoms with Crippen molar-refractivity contribution in [2.45, 2.75) is 24.7 Å². The fraction of sp³-hybridized carbons (Fsp3) is 0.588. The van der Waals surface area contributed by atoms with Crippen LogP contribution < -0.4 is 5.32 Å². The van der Waals surface area contributed by atoms with Gasteiger partial charge in [-0.05, 0) is 25.3 Å². The van der Waals surface area contributed by atoms with Gasteiger partial charge in [0.1, 0.15) is 0 Å². The first kappa shape index (κ1) is 19.7. The van der Waals surface area contributed by atoms with E-state index in [0.717, 1.165) is 19.2 Å². The van der Waals surface area contributed by atoms with Gasteiger partial charge in [-0.2, -0.15) is 4.31 Å². The molecule has 0 spiro atoms. The van der Waals surface area contributed by atoms with Crippen molar-refractivity contribution >= 4 is 21.6 Å². The van der Waals surface area contributed by atoms with Crippen LogP contribution in [0.15, 0.2) is 23.1 Å². The molecule has 2 aliphatic rings. The normalized spacial score (nSPS) is 19.8. The first-order chi connectivity index (χ1) is 12.8. The largest absolute Gasteiger partial charge is 0.340 e. The summed E-state index contributed by atoms with van der Waals surface area (Å²) in [5.74, 6) is -0.0687. The van der Waals surface area contributed by atoms with E-state index in [4.69, 9.17) is 0 Å². The summed E-state index contributed by atoms with van der Waals surface area (Å²) in [5, 5.41) is 14.2. The maximum Gasteiger partial charge on any atom is 0.270 e. The van der Waals surface area contributed by atoms with Crippen LogP contribution in [0.3, 0.4) is 0 Å². The zero-order chi connectivity index (χ0) is 19.6. The Morgan fingerprint density at radius 1 is 1.19 bits per heavy atom. The highest BCUT2D eigenvalue weighted by molar-refractivity contribution is 7.89. The van der Waals surface area contributed by atoms with Crippen LogP contribution >= 0.6 is 0 Å². The predicted molar refractivity (Wildman–Crippen MR) is 98.8 cm³/mol. The number of hydrogen-bond acceptors (Lipinski definition) is 6. The summed E-state index contributed by atoms with van der Waals surface area (Å²) >= 11 is 0. The van der Waals surface area contributed by atoms with Gasteiger partial charge in [0.15, 0.2) is 0 Å². The third-order valence-corrected chi connectivity index (χ3v) is 7.27.